The maximum Gasteiger partial charge on any atom is 0.337 e. The van der Waals surface area contributed by atoms with Gasteiger partial charge in [0.25, 0.3) is 0 Å². The van der Waals surface area contributed by atoms with Crippen molar-refractivity contribution >= 4 is 5.97 Å². The second kappa shape index (κ2) is 15.8. The van der Waals surface area contributed by atoms with Gasteiger partial charge < -0.3 is 33.2 Å². The van der Waals surface area contributed by atoms with Crippen molar-refractivity contribution in [3.63, 3.8) is 0 Å². The number of benzene rings is 4. The van der Waals surface area contributed by atoms with Crippen molar-refractivity contribution < 1.29 is 38.0 Å². The first-order valence-corrected chi connectivity index (χ1v) is 15.3. The maximum absolute atomic E-state index is 11.7. The molecule has 46 heavy (non-hydrogen) atoms. The van der Waals surface area contributed by atoms with Gasteiger partial charge in [-0.05, 0) is 35.4 Å². The fourth-order valence-electron chi connectivity index (χ4n) is 5.43. The Balaban J connectivity index is 1.23. The molecule has 2 saturated heterocycles. The molecule has 0 saturated carbocycles. The van der Waals surface area contributed by atoms with Crippen LogP contribution in [-0.4, -0.2) is 57.0 Å². The van der Waals surface area contributed by atoms with Gasteiger partial charge in [0.1, 0.15) is 31.0 Å². The highest BCUT2D eigenvalue weighted by atomic mass is 16.8. The van der Waals surface area contributed by atoms with E-state index in [4.69, 9.17) is 33.2 Å². The molecule has 0 unspecified atom stereocenters. The lowest BCUT2D eigenvalue weighted by atomic mass is 9.97. The van der Waals surface area contributed by atoms with Gasteiger partial charge in [-0.15, -0.1) is 0 Å². The molecule has 2 fully saturated rings. The summed E-state index contributed by atoms with van der Waals surface area (Å²) in [5.74, 6) is 5.73. The first-order chi connectivity index (χ1) is 22.7. The van der Waals surface area contributed by atoms with E-state index in [1.807, 2.05) is 91.0 Å². The van der Waals surface area contributed by atoms with E-state index in [1.54, 1.807) is 24.3 Å². The quantitative estimate of drug-likeness (QED) is 0.161. The Bertz CT molecular complexity index is 1580. The van der Waals surface area contributed by atoms with Gasteiger partial charge in [-0.25, -0.2) is 4.79 Å². The standard InChI is InChI=1S/C38H36O8/c1-40-36(39)30-21-19-27(20-22-30)16-11-23-41-38-35(43-25-29-14-7-3-8-15-29)34(42-24-28-12-5-2-6-13-28)33-32(45-38)26-44-37(46-33)31-17-9-4-10-18-31/h2-10,12-15,17-22,32-35,37-38H,23-26H2,1H3/t32-,33-,34+,35-,37-,38+/m1/s1. The van der Waals surface area contributed by atoms with E-state index in [0.717, 1.165) is 22.3 Å². The molecule has 4 aromatic carbocycles. The van der Waals surface area contributed by atoms with Gasteiger partial charge in [0.2, 0.25) is 0 Å². The lowest BCUT2D eigenvalue weighted by Crippen LogP contribution is -2.63. The van der Waals surface area contributed by atoms with Crippen LogP contribution >= 0.6 is 0 Å². The van der Waals surface area contributed by atoms with Crippen molar-refractivity contribution in [3.8, 4) is 11.8 Å². The van der Waals surface area contributed by atoms with Crippen LogP contribution in [0.2, 0.25) is 0 Å². The molecule has 236 valence electrons. The van der Waals surface area contributed by atoms with E-state index in [1.165, 1.54) is 7.11 Å². The predicted molar refractivity (Wildman–Crippen MR) is 169 cm³/mol. The zero-order valence-electron chi connectivity index (χ0n) is 25.5. The highest BCUT2D eigenvalue weighted by Gasteiger charge is 2.51. The summed E-state index contributed by atoms with van der Waals surface area (Å²) in [5.41, 5.74) is 4.15. The number of fused-ring (bicyclic) bond motifs is 1. The summed E-state index contributed by atoms with van der Waals surface area (Å²) < 4.78 is 43.3. The van der Waals surface area contributed by atoms with Crippen LogP contribution in [0.25, 0.3) is 0 Å². The fourth-order valence-corrected chi connectivity index (χ4v) is 5.43. The number of esters is 1. The normalized spacial score (nSPS) is 23.8. The minimum Gasteiger partial charge on any atom is -0.465 e. The van der Waals surface area contributed by atoms with Gasteiger partial charge in [0, 0.05) is 11.1 Å². The van der Waals surface area contributed by atoms with Crippen LogP contribution < -0.4 is 0 Å². The number of rotatable bonds is 10. The molecule has 2 aliphatic rings. The Morgan fingerprint density at radius 3 is 1.98 bits per heavy atom. The topological polar surface area (TPSA) is 81.7 Å². The van der Waals surface area contributed by atoms with E-state index in [0.29, 0.717) is 25.4 Å². The highest BCUT2D eigenvalue weighted by Crippen LogP contribution is 2.37. The third-order valence-corrected chi connectivity index (χ3v) is 7.78. The SMILES string of the molecule is COC(=O)c1ccc(C#CCO[C@H]2O[C@@H]3CO[C@@H](c4ccccc4)O[C@H]3[C@H](OCc3ccccc3)[C@H]2OCc2ccccc2)cc1. The molecule has 8 nitrogen and oxygen atoms in total. The number of carbonyl (C=O) groups excluding carboxylic acids is 1. The van der Waals surface area contributed by atoms with Crippen LogP contribution in [0.3, 0.4) is 0 Å². The van der Waals surface area contributed by atoms with Crippen LogP contribution in [-0.2, 0) is 46.4 Å². The number of carbonyl (C=O) groups is 1. The van der Waals surface area contributed by atoms with Crippen LogP contribution in [0.5, 0.6) is 0 Å². The van der Waals surface area contributed by atoms with Crippen LogP contribution in [0.4, 0.5) is 0 Å². The molecule has 0 aliphatic carbocycles. The molecule has 2 heterocycles. The molecule has 0 aromatic heterocycles. The second-order valence-electron chi connectivity index (χ2n) is 10.9. The summed E-state index contributed by atoms with van der Waals surface area (Å²) in [6.07, 6.45) is -3.49. The van der Waals surface area contributed by atoms with E-state index in [-0.39, 0.29) is 6.61 Å². The van der Waals surface area contributed by atoms with Gasteiger partial charge in [0.05, 0.1) is 32.5 Å². The lowest BCUT2D eigenvalue weighted by Gasteiger charge is -2.48. The summed E-state index contributed by atoms with van der Waals surface area (Å²) in [7, 11) is 1.35. The summed E-state index contributed by atoms with van der Waals surface area (Å²) in [6.45, 7) is 1.05. The van der Waals surface area contributed by atoms with Crippen LogP contribution in [0, 0.1) is 11.8 Å². The van der Waals surface area contributed by atoms with E-state index < -0.39 is 43.0 Å². The number of hydrogen-bond acceptors (Lipinski definition) is 8. The first kappa shape index (κ1) is 31.6. The minimum absolute atomic E-state index is 0.0752. The number of methoxy groups -OCH3 is 1. The molecule has 0 radical (unpaired) electrons. The van der Waals surface area contributed by atoms with Crippen molar-refractivity contribution in [2.75, 3.05) is 20.3 Å². The van der Waals surface area contributed by atoms with Crippen molar-refractivity contribution in [1.82, 2.24) is 0 Å². The fraction of sp³-hybridized carbons (Fsp3) is 0.289. The summed E-state index contributed by atoms with van der Waals surface area (Å²) in [4.78, 5) is 11.7. The molecular weight excluding hydrogens is 584 g/mol. The molecule has 0 amide bonds. The van der Waals surface area contributed by atoms with Crippen molar-refractivity contribution in [3.05, 3.63) is 143 Å². The lowest BCUT2D eigenvalue weighted by molar-refractivity contribution is -0.371. The molecule has 0 spiro atoms. The molecular formula is C38H36O8. The Hall–Kier alpha value is -4.33. The third-order valence-electron chi connectivity index (χ3n) is 7.78. The minimum atomic E-state index is -0.804. The Labute approximate surface area is 269 Å². The Kier molecular flexibility index (Phi) is 10.9. The summed E-state index contributed by atoms with van der Waals surface area (Å²) in [6, 6.07) is 36.6. The second-order valence-corrected chi connectivity index (χ2v) is 10.9. The molecule has 8 heteroatoms. The van der Waals surface area contributed by atoms with Gasteiger partial charge in [-0.2, -0.15) is 0 Å². The van der Waals surface area contributed by atoms with Gasteiger partial charge in [-0.1, -0.05) is 103 Å². The maximum atomic E-state index is 11.7. The summed E-state index contributed by atoms with van der Waals surface area (Å²) in [5, 5.41) is 0. The zero-order chi connectivity index (χ0) is 31.6. The van der Waals surface area contributed by atoms with Crippen LogP contribution in [0.15, 0.2) is 115 Å². The monoisotopic (exact) mass is 620 g/mol. The molecule has 6 atom stereocenters. The smallest absolute Gasteiger partial charge is 0.337 e. The highest BCUT2D eigenvalue weighted by molar-refractivity contribution is 5.89. The average Bonchev–Trinajstić information content (AvgIpc) is 3.12. The molecule has 4 aromatic rings. The Morgan fingerprint density at radius 2 is 1.35 bits per heavy atom. The molecule has 0 bridgehead atoms. The predicted octanol–water partition coefficient (Wildman–Crippen LogP) is 5.85. The van der Waals surface area contributed by atoms with Crippen molar-refractivity contribution in [2.45, 2.75) is 50.2 Å². The molecule has 6 rings (SSSR count). The van der Waals surface area contributed by atoms with E-state index in [2.05, 4.69) is 11.8 Å². The van der Waals surface area contributed by atoms with Crippen LogP contribution in [0.1, 0.15) is 38.9 Å². The number of hydrogen-bond donors (Lipinski definition) is 0. The van der Waals surface area contributed by atoms with Gasteiger partial charge >= 0.3 is 5.97 Å². The van der Waals surface area contributed by atoms with E-state index in [9.17, 15) is 4.79 Å². The Morgan fingerprint density at radius 1 is 0.739 bits per heavy atom. The number of ether oxygens (including phenoxy) is 7. The van der Waals surface area contributed by atoms with Gasteiger partial charge in [-0.3, -0.25) is 0 Å². The van der Waals surface area contributed by atoms with Gasteiger partial charge in [0.15, 0.2) is 12.6 Å². The zero-order valence-corrected chi connectivity index (χ0v) is 25.5. The van der Waals surface area contributed by atoms with Crippen molar-refractivity contribution in [1.29, 1.82) is 0 Å². The average molecular weight is 621 g/mol. The molecule has 0 N–H and O–H groups in total. The molecule has 2 aliphatic heterocycles. The third kappa shape index (κ3) is 8.08. The van der Waals surface area contributed by atoms with E-state index >= 15 is 0 Å². The van der Waals surface area contributed by atoms with Crippen molar-refractivity contribution in [2.24, 2.45) is 0 Å². The first-order valence-electron chi connectivity index (χ1n) is 15.3. The largest absolute Gasteiger partial charge is 0.465 e. The summed E-state index contributed by atoms with van der Waals surface area (Å²) >= 11 is 0.